The molecule has 0 amide bonds. The van der Waals surface area contributed by atoms with E-state index in [1.807, 2.05) is 6.92 Å². The molecule has 160 valence electrons. The van der Waals surface area contributed by atoms with Gasteiger partial charge in [0.1, 0.15) is 0 Å². The van der Waals surface area contributed by atoms with Gasteiger partial charge >= 0.3 is 184 Å². The summed E-state index contributed by atoms with van der Waals surface area (Å²) in [6, 6.07) is 0. The molecule has 1 aliphatic rings. The van der Waals surface area contributed by atoms with Crippen molar-refractivity contribution in [3.05, 3.63) is 9.13 Å². The summed E-state index contributed by atoms with van der Waals surface area (Å²) in [5, 5.41) is 4.65. The van der Waals surface area contributed by atoms with Gasteiger partial charge in [-0.2, -0.15) is 0 Å². The Bertz CT molecular complexity index is 1250. The molecule has 3 aromatic carbocycles. The summed E-state index contributed by atoms with van der Waals surface area (Å²) in [6.45, 7) is 2.63. The molecule has 30 heavy (non-hydrogen) atoms. The predicted octanol–water partition coefficient (Wildman–Crippen LogP) is -2.26. The molecule has 0 radical (unpaired) electrons. The van der Waals surface area contributed by atoms with E-state index in [2.05, 4.69) is 5.32 Å². The van der Waals surface area contributed by atoms with E-state index in [4.69, 9.17) is 51.6 Å². The fourth-order valence-electron chi connectivity index (χ4n) is 4.05. The molecule has 0 aromatic heterocycles. The Balaban J connectivity index is 2.30. The third-order valence-corrected chi connectivity index (χ3v) is 8.63. The molecule has 11 heteroatoms. The fraction of sp³-hybridized carbons (Fsp3) is 0.158. The first kappa shape index (κ1) is 19.9. The number of aryl methyl sites for hydroxylation is 1. The summed E-state index contributed by atoms with van der Waals surface area (Å²) < 4.78 is 1.90. The van der Waals surface area contributed by atoms with Crippen molar-refractivity contribution in [2.75, 3.05) is 67.9 Å². The SMILES string of the molecule is Cc1c2c(c(N)c3c(N)c(N)c(N)c(N)c13)[I-]CCNc1c(N)c(N)c(N)c(N)c1-2. The van der Waals surface area contributed by atoms with Gasteiger partial charge in [-0.25, -0.2) is 0 Å². The number of fused-ring (bicyclic) bond motifs is 4. The first-order chi connectivity index (χ1) is 14.1. The third kappa shape index (κ3) is 2.41. The van der Waals surface area contributed by atoms with Crippen molar-refractivity contribution < 1.29 is 21.2 Å². The number of anilines is 10. The Morgan fingerprint density at radius 2 is 1.13 bits per heavy atom. The van der Waals surface area contributed by atoms with E-state index in [1.54, 1.807) is 0 Å². The Morgan fingerprint density at radius 3 is 1.77 bits per heavy atom. The first-order valence-corrected chi connectivity index (χ1v) is 11.8. The van der Waals surface area contributed by atoms with E-state index in [1.165, 1.54) is 0 Å². The van der Waals surface area contributed by atoms with Crippen molar-refractivity contribution in [3.63, 3.8) is 0 Å². The Labute approximate surface area is 183 Å². The van der Waals surface area contributed by atoms with Crippen molar-refractivity contribution in [3.8, 4) is 11.1 Å². The van der Waals surface area contributed by atoms with E-state index in [0.29, 0.717) is 57.0 Å². The topological polar surface area (TPSA) is 246 Å². The molecule has 19 N–H and O–H groups in total. The summed E-state index contributed by atoms with van der Waals surface area (Å²) in [6.07, 6.45) is 0. The van der Waals surface area contributed by atoms with Gasteiger partial charge in [0.2, 0.25) is 0 Å². The van der Waals surface area contributed by atoms with Crippen LogP contribution in [0.15, 0.2) is 0 Å². The number of alkyl halides is 1. The zero-order valence-electron chi connectivity index (χ0n) is 16.5. The molecule has 1 heterocycles. The number of nitrogens with two attached hydrogens (primary N) is 9. The first-order valence-electron chi connectivity index (χ1n) is 9.16. The number of nitrogen functional groups attached to an aromatic ring is 9. The molecule has 0 fully saturated rings. The maximum atomic E-state index is 6.68. The third-order valence-electron chi connectivity index (χ3n) is 5.67. The van der Waals surface area contributed by atoms with Crippen LogP contribution in [0.3, 0.4) is 0 Å². The van der Waals surface area contributed by atoms with Crippen LogP contribution in [0.1, 0.15) is 5.56 Å². The van der Waals surface area contributed by atoms with Crippen LogP contribution < -0.4 is 78.1 Å². The molecule has 1 aliphatic heterocycles. The van der Waals surface area contributed by atoms with Crippen LogP contribution in [0, 0.1) is 10.5 Å². The van der Waals surface area contributed by atoms with Crippen LogP contribution in [0.5, 0.6) is 0 Å². The molecule has 0 unspecified atom stereocenters. The summed E-state index contributed by atoms with van der Waals surface area (Å²) in [5.74, 6) is 0. The molecule has 0 bridgehead atoms. The molecular formula is C19H26IN10-. The van der Waals surface area contributed by atoms with Crippen molar-refractivity contribution in [2.24, 2.45) is 0 Å². The Morgan fingerprint density at radius 1 is 0.600 bits per heavy atom. The second-order valence-electron chi connectivity index (χ2n) is 7.29. The normalized spacial score (nSPS) is 13.5. The standard InChI is InChI=1S/C19H26IN10/c1-4-5-8-13(24)16(27)17(28)18(29)19(8)30-3-2-20-9(5)10(21)7-6(4)11(22)14(25)15(26)12(7)23/h30H,2-3,21-29H2,1H3/q-1. The number of nitrogens with one attached hydrogen (secondary N) is 1. The average molecular weight is 521 g/mol. The summed E-state index contributed by atoms with van der Waals surface area (Å²) in [7, 11) is 0. The van der Waals surface area contributed by atoms with Gasteiger partial charge in [-0.05, 0) is 0 Å². The summed E-state index contributed by atoms with van der Waals surface area (Å²) in [4.78, 5) is 0. The second kappa shape index (κ2) is 6.58. The minimum absolute atomic E-state index is 0.227. The van der Waals surface area contributed by atoms with Crippen LogP contribution in [-0.4, -0.2) is 11.0 Å². The zero-order valence-corrected chi connectivity index (χ0v) is 18.6. The van der Waals surface area contributed by atoms with Crippen LogP contribution in [-0.2, 0) is 0 Å². The Hall–Kier alpha value is -3.35. The van der Waals surface area contributed by atoms with Crippen LogP contribution >= 0.6 is 0 Å². The molecule has 10 nitrogen and oxygen atoms in total. The van der Waals surface area contributed by atoms with Crippen LogP contribution in [0.2, 0.25) is 0 Å². The monoisotopic (exact) mass is 521 g/mol. The zero-order chi connectivity index (χ0) is 22.1. The van der Waals surface area contributed by atoms with E-state index >= 15 is 0 Å². The quantitative estimate of drug-likeness (QED) is 0.0864. The van der Waals surface area contributed by atoms with Crippen molar-refractivity contribution in [2.45, 2.75) is 6.92 Å². The van der Waals surface area contributed by atoms with Gasteiger partial charge < -0.3 is 0 Å². The van der Waals surface area contributed by atoms with Crippen molar-refractivity contribution in [1.82, 2.24) is 0 Å². The van der Waals surface area contributed by atoms with Crippen LogP contribution in [0.4, 0.5) is 56.9 Å². The van der Waals surface area contributed by atoms with Crippen molar-refractivity contribution in [1.29, 1.82) is 0 Å². The van der Waals surface area contributed by atoms with Gasteiger partial charge in [-0.1, -0.05) is 0 Å². The average Bonchev–Trinajstić information content (AvgIpc) is 2.70. The number of hydrogen-bond acceptors (Lipinski definition) is 10. The molecule has 0 atom stereocenters. The number of halogens is 1. The minimum atomic E-state index is -0.495. The van der Waals surface area contributed by atoms with Gasteiger partial charge in [-0.15, -0.1) is 0 Å². The van der Waals surface area contributed by atoms with E-state index in [9.17, 15) is 0 Å². The van der Waals surface area contributed by atoms with Crippen molar-refractivity contribution >= 4 is 67.6 Å². The van der Waals surface area contributed by atoms with E-state index in [0.717, 1.165) is 19.1 Å². The molecular weight excluding hydrogens is 495 g/mol. The molecule has 0 spiro atoms. The fourth-order valence-corrected chi connectivity index (χ4v) is 6.87. The van der Waals surface area contributed by atoms with Crippen LogP contribution in [0.25, 0.3) is 21.9 Å². The second-order valence-corrected chi connectivity index (χ2v) is 10.2. The number of benzene rings is 3. The molecule has 3 aromatic rings. The van der Waals surface area contributed by atoms with E-state index < -0.39 is 21.2 Å². The number of rotatable bonds is 0. The van der Waals surface area contributed by atoms with Gasteiger partial charge in [0, 0.05) is 0 Å². The van der Waals surface area contributed by atoms with Gasteiger partial charge in [0.05, 0.1) is 0 Å². The summed E-state index contributed by atoms with van der Waals surface area (Å²) in [5.41, 5.74) is 62.5. The Kier molecular flexibility index (Phi) is 4.38. The number of hydrogen-bond donors (Lipinski definition) is 10. The summed E-state index contributed by atoms with van der Waals surface area (Å²) >= 11 is -0.495. The van der Waals surface area contributed by atoms with Gasteiger partial charge in [0.15, 0.2) is 0 Å². The predicted molar refractivity (Wildman–Crippen MR) is 126 cm³/mol. The molecule has 0 aliphatic carbocycles. The van der Waals surface area contributed by atoms with E-state index in [-0.39, 0.29) is 22.7 Å². The maximum absolute atomic E-state index is 6.68. The molecule has 4 rings (SSSR count). The molecule has 0 saturated carbocycles. The molecule has 0 saturated heterocycles. The van der Waals surface area contributed by atoms with Gasteiger partial charge in [0.25, 0.3) is 0 Å². The van der Waals surface area contributed by atoms with Gasteiger partial charge in [-0.3, -0.25) is 0 Å².